The smallest absolute Gasteiger partial charge is 0.329 e. The van der Waals surface area contributed by atoms with Crippen LogP contribution in [0.4, 0.5) is 32.2 Å². The van der Waals surface area contributed by atoms with E-state index in [-0.39, 0.29) is 21.6 Å². The lowest BCUT2D eigenvalue weighted by molar-refractivity contribution is -0.172. The van der Waals surface area contributed by atoms with Gasteiger partial charge in [0.05, 0.1) is 23.5 Å². The molecule has 0 radical (unpaired) electrons. The molecule has 32 heavy (non-hydrogen) atoms. The second kappa shape index (κ2) is 6.87. The van der Waals surface area contributed by atoms with Crippen LogP contribution in [-0.4, -0.2) is 42.5 Å². The molecule has 1 aliphatic rings. The highest BCUT2D eigenvalue weighted by Crippen LogP contribution is 2.44. The van der Waals surface area contributed by atoms with Gasteiger partial charge in [0.1, 0.15) is 0 Å². The fraction of sp³-hybridized carbons (Fsp3) is 0.350. The van der Waals surface area contributed by atoms with Crippen LogP contribution in [0.25, 0.3) is 10.9 Å². The zero-order valence-corrected chi connectivity index (χ0v) is 17.6. The maximum absolute atomic E-state index is 13.8. The standard InChI is InChI=1S/C20H17F6N3O2S/c1-12-4-3-5-15-16(12)17(28-10-19(23,24)20(25,26)11-28)27-29(15)32(30,31)14-8-6-13(7-9-14)18(2,21)22/h3-9H,10-11H2,1-2H3. The van der Waals surface area contributed by atoms with Crippen molar-refractivity contribution in [3.05, 3.63) is 53.6 Å². The van der Waals surface area contributed by atoms with Crippen molar-refractivity contribution in [2.75, 3.05) is 18.0 Å². The van der Waals surface area contributed by atoms with Gasteiger partial charge in [-0.1, -0.05) is 24.3 Å². The molecule has 0 bridgehead atoms. The first-order valence-corrected chi connectivity index (χ1v) is 10.8. The lowest BCUT2D eigenvalue weighted by Gasteiger charge is -2.14. The molecule has 3 aromatic rings. The predicted molar refractivity (Wildman–Crippen MR) is 105 cm³/mol. The van der Waals surface area contributed by atoms with Gasteiger partial charge in [-0.15, -0.1) is 5.10 Å². The van der Waals surface area contributed by atoms with Gasteiger partial charge < -0.3 is 4.90 Å². The zero-order valence-electron chi connectivity index (χ0n) is 16.8. The molecule has 1 aliphatic heterocycles. The maximum Gasteiger partial charge on any atom is 0.329 e. The third-order valence-corrected chi connectivity index (χ3v) is 6.97. The number of rotatable bonds is 4. The van der Waals surface area contributed by atoms with Gasteiger partial charge in [0.15, 0.2) is 5.82 Å². The van der Waals surface area contributed by atoms with E-state index in [4.69, 9.17) is 0 Å². The maximum atomic E-state index is 13.8. The van der Waals surface area contributed by atoms with Gasteiger partial charge in [0.25, 0.3) is 15.9 Å². The Morgan fingerprint density at radius 1 is 0.969 bits per heavy atom. The van der Waals surface area contributed by atoms with Crippen molar-refractivity contribution in [3.63, 3.8) is 0 Å². The third kappa shape index (κ3) is 3.40. The lowest BCUT2D eigenvalue weighted by atomic mass is 10.1. The van der Waals surface area contributed by atoms with E-state index in [2.05, 4.69) is 5.10 Å². The molecule has 1 saturated heterocycles. The first-order chi connectivity index (χ1) is 14.6. The number of nitrogens with zero attached hydrogens (tertiary/aromatic N) is 3. The number of aryl methyl sites for hydroxylation is 1. The summed E-state index contributed by atoms with van der Waals surface area (Å²) in [6.07, 6.45) is 0. The van der Waals surface area contributed by atoms with Crippen LogP contribution in [-0.2, 0) is 15.9 Å². The molecule has 0 aliphatic carbocycles. The Morgan fingerprint density at radius 2 is 1.53 bits per heavy atom. The number of halogens is 6. The molecular weight excluding hydrogens is 460 g/mol. The molecule has 12 heteroatoms. The summed E-state index contributed by atoms with van der Waals surface area (Å²) in [6, 6.07) is 8.28. The fourth-order valence-electron chi connectivity index (χ4n) is 3.63. The minimum atomic E-state index is -4.45. The molecule has 1 fully saturated rings. The number of aromatic nitrogens is 2. The van der Waals surface area contributed by atoms with Crippen molar-refractivity contribution in [2.24, 2.45) is 0 Å². The summed E-state index contributed by atoms with van der Waals surface area (Å²) < 4.78 is 109. The van der Waals surface area contributed by atoms with Gasteiger partial charge in [0.2, 0.25) is 0 Å². The summed E-state index contributed by atoms with van der Waals surface area (Å²) in [5, 5.41) is 4.05. The van der Waals surface area contributed by atoms with Crippen LogP contribution < -0.4 is 4.90 Å². The van der Waals surface area contributed by atoms with Gasteiger partial charge in [0, 0.05) is 17.9 Å². The summed E-state index contributed by atoms with van der Waals surface area (Å²) in [5.41, 5.74) is 0.0294. The molecule has 0 N–H and O–H groups in total. The molecule has 0 unspecified atom stereocenters. The van der Waals surface area contributed by atoms with Crippen LogP contribution >= 0.6 is 0 Å². The summed E-state index contributed by atoms with van der Waals surface area (Å²) >= 11 is 0. The predicted octanol–water partition coefficient (Wildman–Crippen LogP) is 4.78. The van der Waals surface area contributed by atoms with Crippen molar-refractivity contribution in [2.45, 2.75) is 36.5 Å². The quantitative estimate of drug-likeness (QED) is 0.508. The van der Waals surface area contributed by atoms with Crippen LogP contribution in [0.1, 0.15) is 18.1 Å². The van der Waals surface area contributed by atoms with Gasteiger partial charge in [-0.05, 0) is 30.7 Å². The number of fused-ring (bicyclic) bond motifs is 1. The van der Waals surface area contributed by atoms with E-state index in [9.17, 15) is 34.8 Å². The molecule has 0 spiro atoms. The Balaban J connectivity index is 1.87. The van der Waals surface area contributed by atoms with E-state index in [0.29, 0.717) is 21.5 Å². The number of hydrogen-bond acceptors (Lipinski definition) is 4. The Hall–Kier alpha value is -2.76. The Labute approximate surface area is 179 Å². The van der Waals surface area contributed by atoms with E-state index < -0.39 is 46.4 Å². The monoisotopic (exact) mass is 477 g/mol. The van der Waals surface area contributed by atoms with Gasteiger partial charge >= 0.3 is 11.8 Å². The molecule has 2 heterocycles. The van der Waals surface area contributed by atoms with E-state index >= 15 is 0 Å². The van der Waals surface area contributed by atoms with Crippen LogP contribution in [0.2, 0.25) is 0 Å². The fourth-order valence-corrected chi connectivity index (χ4v) is 4.91. The number of benzene rings is 2. The van der Waals surface area contributed by atoms with Crippen molar-refractivity contribution in [3.8, 4) is 0 Å². The second-order valence-corrected chi connectivity index (χ2v) is 9.59. The molecule has 2 aromatic carbocycles. The molecule has 0 atom stereocenters. The van der Waals surface area contributed by atoms with Crippen molar-refractivity contribution >= 4 is 26.7 Å². The third-order valence-electron chi connectivity index (χ3n) is 5.37. The van der Waals surface area contributed by atoms with E-state index in [1.165, 1.54) is 12.1 Å². The number of hydrogen-bond donors (Lipinski definition) is 0. The molecule has 0 amide bonds. The molecule has 0 saturated carbocycles. The zero-order chi connectivity index (χ0) is 23.7. The lowest BCUT2D eigenvalue weighted by Crippen LogP contribution is -2.38. The Kier molecular flexibility index (Phi) is 4.81. The van der Waals surface area contributed by atoms with Crippen molar-refractivity contribution < 1.29 is 34.8 Å². The average molecular weight is 477 g/mol. The first-order valence-electron chi connectivity index (χ1n) is 9.38. The van der Waals surface area contributed by atoms with Gasteiger partial charge in [-0.2, -0.15) is 30.1 Å². The van der Waals surface area contributed by atoms with Crippen molar-refractivity contribution in [1.82, 2.24) is 9.19 Å². The van der Waals surface area contributed by atoms with Crippen LogP contribution in [0, 0.1) is 6.92 Å². The van der Waals surface area contributed by atoms with E-state index in [1.54, 1.807) is 13.0 Å². The highest BCUT2D eigenvalue weighted by atomic mass is 32.2. The highest BCUT2D eigenvalue weighted by Gasteiger charge is 2.63. The van der Waals surface area contributed by atoms with Crippen molar-refractivity contribution in [1.29, 1.82) is 0 Å². The van der Waals surface area contributed by atoms with E-state index in [1.807, 2.05) is 0 Å². The van der Waals surface area contributed by atoms with E-state index in [0.717, 1.165) is 24.3 Å². The summed E-state index contributed by atoms with van der Waals surface area (Å²) in [7, 11) is -4.45. The van der Waals surface area contributed by atoms with Crippen LogP contribution in [0.15, 0.2) is 47.4 Å². The van der Waals surface area contributed by atoms with Gasteiger partial charge in [-0.3, -0.25) is 0 Å². The molecule has 5 nitrogen and oxygen atoms in total. The minimum absolute atomic E-state index is 0.0107. The number of anilines is 1. The summed E-state index contributed by atoms with van der Waals surface area (Å²) in [6.45, 7) is -0.440. The van der Waals surface area contributed by atoms with Gasteiger partial charge in [-0.25, -0.2) is 8.78 Å². The molecule has 1 aromatic heterocycles. The molecule has 4 rings (SSSR count). The SMILES string of the molecule is Cc1cccc2c1c(N1CC(F)(F)C(F)(F)C1)nn2S(=O)(=O)c1ccc(C(C)(F)F)cc1. The Bertz CT molecular complexity index is 1280. The molecular formula is C20H17F6N3O2S. The minimum Gasteiger partial charge on any atom is -0.342 e. The average Bonchev–Trinajstić information content (AvgIpc) is 3.17. The normalized spacial score (nSPS) is 18.4. The molecule has 172 valence electrons. The Morgan fingerprint density at radius 3 is 2.06 bits per heavy atom. The number of alkyl halides is 6. The largest absolute Gasteiger partial charge is 0.342 e. The van der Waals surface area contributed by atoms with Crippen LogP contribution in [0.3, 0.4) is 0 Å². The second-order valence-electron chi connectivity index (χ2n) is 7.82. The highest BCUT2D eigenvalue weighted by molar-refractivity contribution is 7.90. The summed E-state index contributed by atoms with van der Waals surface area (Å²) in [5.74, 6) is -12.1. The summed E-state index contributed by atoms with van der Waals surface area (Å²) in [4.78, 5) is 0.280. The van der Waals surface area contributed by atoms with Crippen LogP contribution in [0.5, 0.6) is 0 Å². The topological polar surface area (TPSA) is 55.2 Å². The first kappa shape index (κ1) is 22.4.